The first kappa shape index (κ1) is 18.6. The van der Waals surface area contributed by atoms with Crippen molar-refractivity contribution in [1.82, 2.24) is 0 Å². The number of rotatable bonds is 7. The lowest BCUT2D eigenvalue weighted by Gasteiger charge is -2.14. The zero-order chi connectivity index (χ0) is 18.3. The average molecular weight is 355 g/mol. The van der Waals surface area contributed by atoms with E-state index >= 15 is 0 Å². The van der Waals surface area contributed by atoms with Crippen LogP contribution < -0.4 is 10.1 Å². The van der Waals surface area contributed by atoms with Gasteiger partial charge in [0, 0.05) is 13.2 Å². The summed E-state index contributed by atoms with van der Waals surface area (Å²) in [5, 5.41) is 2.38. The molecule has 8 heteroatoms. The normalized spacial score (nSPS) is 11.7. The smallest absolute Gasteiger partial charge is 0.416 e. The highest BCUT2D eigenvalue weighted by Gasteiger charge is 2.31. The van der Waals surface area contributed by atoms with Crippen molar-refractivity contribution in [3.63, 3.8) is 0 Å². The van der Waals surface area contributed by atoms with Gasteiger partial charge in [-0.15, -0.1) is 0 Å². The van der Waals surface area contributed by atoms with E-state index in [2.05, 4.69) is 5.32 Å². The average Bonchev–Trinajstić information content (AvgIpc) is 3.07. The number of alkyl halides is 3. The Morgan fingerprint density at radius 1 is 1.28 bits per heavy atom. The molecule has 25 heavy (non-hydrogen) atoms. The van der Waals surface area contributed by atoms with Crippen LogP contribution in [0.4, 0.5) is 18.9 Å². The van der Waals surface area contributed by atoms with E-state index in [1.54, 1.807) is 12.1 Å². The first-order chi connectivity index (χ1) is 11.9. The highest BCUT2D eigenvalue weighted by atomic mass is 19.4. The summed E-state index contributed by atoms with van der Waals surface area (Å²) in [6.45, 7) is 0.389. The van der Waals surface area contributed by atoms with Crippen molar-refractivity contribution >= 4 is 17.7 Å². The predicted octanol–water partition coefficient (Wildman–Crippen LogP) is 3.98. The summed E-state index contributed by atoms with van der Waals surface area (Å²) in [7, 11) is 1.47. The van der Waals surface area contributed by atoms with Gasteiger partial charge in [-0.3, -0.25) is 4.79 Å². The van der Waals surface area contributed by atoms with E-state index in [1.807, 2.05) is 0 Å². The van der Waals surface area contributed by atoms with Crippen molar-refractivity contribution in [3.8, 4) is 5.75 Å². The zero-order valence-corrected chi connectivity index (χ0v) is 13.3. The number of ether oxygens (including phenoxy) is 2. The third kappa shape index (κ3) is 5.68. The molecule has 0 aliphatic carbocycles. The van der Waals surface area contributed by atoms with Crippen LogP contribution in [0.5, 0.6) is 5.75 Å². The number of carbonyl (C=O) groups excluding carboxylic acids is 1. The fraction of sp³-hybridized carbons (Fsp3) is 0.235. The van der Waals surface area contributed by atoms with E-state index < -0.39 is 17.6 Å². The third-order valence-electron chi connectivity index (χ3n) is 3.05. The van der Waals surface area contributed by atoms with Crippen molar-refractivity contribution in [2.75, 3.05) is 25.6 Å². The van der Waals surface area contributed by atoms with Gasteiger partial charge in [0.25, 0.3) is 0 Å². The summed E-state index contributed by atoms with van der Waals surface area (Å²) in [5.41, 5.74) is -0.975. The number of anilines is 1. The number of hydrogen-bond donors (Lipinski definition) is 1. The molecule has 1 aromatic heterocycles. The molecule has 1 heterocycles. The molecule has 1 amide bonds. The molecular formula is C17H16F3NO4. The van der Waals surface area contributed by atoms with Crippen LogP contribution in [0, 0.1) is 0 Å². The van der Waals surface area contributed by atoms with E-state index in [1.165, 1.54) is 19.4 Å². The Labute approximate surface area is 142 Å². The van der Waals surface area contributed by atoms with E-state index in [-0.39, 0.29) is 24.7 Å². The Bertz CT molecular complexity index is 724. The van der Waals surface area contributed by atoms with Crippen molar-refractivity contribution in [3.05, 3.63) is 54.0 Å². The van der Waals surface area contributed by atoms with Gasteiger partial charge in [-0.1, -0.05) is 0 Å². The molecule has 0 aliphatic rings. The molecule has 0 saturated carbocycles. The Morgan fingerprint density at radius 3 is 2.72 bits per heavy atom. The molecule has 0 atom stereocenters. The van der Waals surface area contributed by atoms with Crippen molar-refractivity contribution in [2.45, 2.75) is 6.18 Å². The fourth-order valence-corrected chi connectivity index (χ4v) is 1.88. The number of halogens is 3. The number of hydrogen-bond acceptors (Lipinski definition) is 4. The molecule has 1 N–H and O–H groups in total. The van der Waals surface area contributed by atoms with Gasteiger partial charge in [0.05, 0.1) is 24.1 Å². The summed E-state index contributed by atoms with van der Waals surface area (Å²) in [5.74, 6) is -0.0622. The highest BCUT2D eigenvalue weighted by molar-refractivity contribution is 6.02. The Morgan fingerprint density at radius 2 is 2.08 bits per heavy atom. The predicted molar refractivity (Wildman–Crippen MR) is 85.2 cm³/mol. The van der Waals surface area contributed by atoms with Crippen LogP contribution in [-0.2, 0) is 15.7 Å². The van der Waals surface area contributed by atoms with Crippen LogP contribution in [0.25, 0.3) is 6.08 Å². The molecule has 0 spiro atoms. The van der Waals surface area contributed by atoms with Crippen LogP contribution in [-0.4, -0.2) is 26.2 Å². The second kappa shape index (κ2) is 8.39. The lowest BCUT2D eigenvalue weighted by atomic mass is 10.1. The summed E-state index contributed by atoms with van der Waals surface area (Å²) < 4.78 is 53.8. The molecule has 0 fully saturated rings. The standard InChI is InChI=1S/C17H16F3NO4/c1-23-9-10-25-15-6-4-12(17(18,19)20)11-14(15)21-16(22)7-5-13-3-2-8-24-13/h2-8,11H,9-10H2,1H3,(H,21,22)/b7-5+. The minimum Gasteiger partial charge on any atom is -0.489 e. The van der Waals surface area contributed by atoms with E-state index in [4.69, 9.17) is 13.9 Å². The summed E-state index contributed by atoms with van der Waals surface area (Å²) in [4.78, 5) is 11.9. The molecule has 0 aliphatic heterocycles. The van der Waals surface area contributed by atoms with Gasteiger partial charge >= 0.3 is 6.18 Å². The molecule has 1 aromatic carbocycles. The monoisotopic (exact) mass is 355 g/mol. The summed E-state index contributed by atoms with van der Waals surface area (Å²) in [6.07, 6.45) is -0.549. The minimum absolute atomic E-state index is 0.0833. The van der Waals surface area contributed by atoms with E-state index in [9.17, 15) is 18.0 Å². The summed E-state index contributed by atoms with van der Waals surface area (Å²) in [6, 6.07) is 6.14. The fourth-order valence-electron chi connectivity index (χ4n) is 1.88. The van der Waals surface area contributed by atoms with E-state index in [0.29, 0.717) is 5.76 Å². The van der Waals surface area contributed by atoms with E-state index in [0.717, 1.165) is 24.3 Å². The first-order valence-corrected chi connectivity index (χ1v) is 7.25. The lowest BCUT2D eigenvalue weighted by molar-refractivity contribution is -0.137. The molecule has 134 valence electrons. The molecule has 0 bridgehead atoms. The van der Waals surface area contributed by atoms with Crippen molar-refractivity contribution < 1.29 is 31.9 Å². The third-order valence-corrected chi connectivity index (χ3v) is 3.05. The number of furan rings is 1. The first-order valence-electron chi connectivity index (χ1n) is 7.25. The maximum absolute atomic E-state index is 12.9. The molecule has 0 unspecified atom stereocenters. The minimum atomic E-state index is -4.53. The number of benzene rings is 1. The van der Waals surface area contributed by atoms with Crippen LogP contribution in [0.15, 0.2) is 47.1 Å². The maximum Gasteiger partial charge on any atom is 0.416 e. The molecule has 0 saturated heterocycles. The van der Waals surface area contributed by atoms with Crippen LogP contribution in [0.1, 0.15) is 11.3 Å². The van der Waals surface area contributed by atoms with Gasteiger partial charge in [-0.05, 0) is 36.4 Å². The molecule has 2 aromatic rings. The molecular weight excluding hydrogens is 339 g/mol. The number of nitrogens with one attached hydrogen (secondary N) is 1. The van der Waals surface area contributed by atoms with Gasteiger partial charge < -0.3 is 19.2 Å². The highest BCUT2D eigenvalue weighted by Crippen LogP contribution is 2.35. The van der Waals surface area contributed by atoms with Gasteiger partial charge in [-0.2, -0.15) is 13.2 Å². The lowest BCUT2D eigenvalue weighted by Crippen LogP contribution is -2.13. The number of amides is 1. The van der Waals surface area contributed by atoms with Gasteiger partial charge in [-0.25, -0.2) is 0 Å². The summed E-state index contributed by atoms with van der Waals surface area (Å²) >= 11 is 0. The topological polar surface area (TPSA) is 60.7 Å². The van der Waals surface area contributed by atoms with Crippen LogP contribution in [0.3, 0.4) is 0 Å². The van der Waals surface area contributed by atoms with Gasteiger partial charge in [0.15, 0.2) is 0 Å². The largest absolute Gasteiger partial charge is 0.489 e. The van der Waals surface area contributed by atoms with Crippen molar-refractivity contribution in [2.24, 2.45) is 0 Å². The molecule has 2 rings (SSSR count). The van der Waals surface area contributed by atoms with Crippen LogP contribution in [0.2, 0.25) is 0 Å². The quantitative estimate of drug-likeness (QED) is 0.603. The second-order valence-electron chi connectivity index (χ2n) is 4.89. The Kier molecular flexibility index (Phi) is 6.24. The Hall–Kier alpha value is -2.74. The second-order valence-corrected chi connectivity index (χ2v) is 4.89. The van der Waals surface area contributed by atoms with Gasteiger partial charge in [0.1, 0.15) is 18.1 Å². The van der Waals surface area contributed by atoms with Crippen molar-refractivity contribution in [1.29, 1.82) is 0 Å². The number of carbonyl (C=O) groups is 1. The Balaban J connectivity index is 2.17. The number of methoxy groups -OCH3 is 1. The SMILES string of the molecule is COCCOc1ccc(C(F)(F)F)cc1NC(=O)/C=C/c1ccco1. The zero-order valence-electron chi connectivity index (χ0n) is 13.3. The van der Waals surface area contributed by atoms with Gasteiger partial charge in [0.2, 0.25) is 5.91 Å². The molecule has 0 radical (unpaired) electrons. The maximum atomic E-state index is 12.9. The molecule has 5 nitrogen and oxygen atoms in total. The van der Waals surface area contributed by atoms with Crippen LogP contribution >= 0.6 is 0 Å².